The Balaban J connectivity index is 2.17. The molecule has 0 fully saturated rings. The van der Waals surface area contributed by atoms with Gasteiger partial charge in [0.15, 0.2) is 11.3 Å². The van der Waals surface area contributed by atoms with Gasteiger partial charge >= 0.3 is 16.1 Å². The highest BCUT2D eigenvalue weighted by Gasteiger charge is 2.26. The van der Waals surface area contributed by atoms with E-state index < -0.39 is 16.1 Å². The van der Waals surface area contributed by atoms with E-state index in [0.29, 0.717) is 11.1 Å². The monoisotopic (exact) mass is 329 g/mol. The van der Waals surface area contributed by atoms with E-state index in [1.54, 1.807) is 23.9 Å². The highest BCUT2D eigenvalue weighted by Crippen LogP contribution is 2.29. The molecular weight excluding hydrogens is 314 g/mol. The molecule has 114 valence electrons. The normalized spacial score (nSPS) is 15.8. The van der Waals surface area contributed by atoms with E-state index >= 15 is 0 Å². The second kappa shape index (κ2) is 6.48. The van der Waals surface area contributed by atoms with Gasteiger partial charge in [-0.05, 0) is 25.3 Å². The van der Waals surface area contributed by atoms with Crippen molar-refractivity contribution in [1.29, 1.82) is 0 Å². The van der Waals surface area contributed by atoms with E-state index in [-0.39, 0.29) is 18.4 Å². The molecule has 1 unspecified atom stereocenters. The van der Waals surface area contributed by atoms with Crippen molar-refractivity contribution in [2.75, 3.05) is 12.0 Å². The van der Waals surface area contributed by atoms with Crippen LogP contribution in [0.1, 0.15) is 22.8 Å². The summed E-state index contributed by atoms with van der Waals surface area (Å²) in [6, 6.07) is 4.48. The molecule has 0 saturated carbocycles. The lowest BCUT2D eigenvalue weighted by atomic mass is 10.1. The fraction of sp³-hybridized carbons (Fsp3) is 0.385. The number of aliphatic imine (C=N–C) groups is 1. The third-order valence-corrected chi connectivity index (χ3v) is 4.37. The van der Waals surface area contributed by atoms with E-state index in [1.165, 1.54) is 6.07 Å². The van der Waals surface area contributed by atoms with Crippen molar-refractivity contribution in [2.45, 2.75) is 19.6 Å². The zero-order valence-corrected chi connectivity index (χ0v) is 13.2. The molecule has 1 aromatic rings. The summed E-state index contributed by atoms with van der Waals surface area (Å²) in [5.74, 6) is 0.340. The molecule has 1 aliphatic rings. The molecule has 0 amide bonds. The third kappa shape index (κ3) is 3.98. The van der Waals surface area contributed by atoms with Gasteiger partial charge in [-0.2, -0.15) is 20.2 Å². The SMILES string of the molecule is CSCC(C)N=CS(=O)(=O)Oc1cccc2c1COC2=O. The van der Waals surface area contributed by atoms with Crippen molar-refractivity contribution < 1.29 is 22.1 Å². The second-order valence-electron chi connectivity index (χ2n) is 4.49. The van der Waals surface area contributed by atoms with Crippen LogP contribution in [0, 0.1) is 0 Å². The molecule has 21 heavy (non-hydrogen) atoms. The number of cyclic esters (lactones) is 1. The molecule has 0 spiro atoms. The number of carbonyl (C=O) groups is 1. The van der Waals surface area contributed by atoms with Crippen LogP contribution in [0.25, 0.3) is 0 Å². The molecule has 1 aliphatic heterocycles. The molecule has 1 atom stereocenters. The molecule has 8 heteroatoms. The van der Waals surface area contributed by atoms with Crippen molar-refractivity contribution in [3.05, 3.63) is 29.3 Å². The zero-order valence-electron chi connectivity index (χ0n) is 11.6. The Morgan fingerprint density at radius 3 is 3.00 bits per heavy atom. The summed E-state index contributed by atoms with van der Waals surface area (Å²) >= 11 is 1.58. The average Bonchev–Trinajstić information content (AvgIpc) is 2.80. The van der Waals surface area contributed by atoms with Crippen LogP contribution in [0.15, 0.2) is 23.2 Å². The van der Waals surface area contributed by atoms with Crippen molar-refractivity contribution >= 4 is 33.4 Å². The summed E-state index contributed by atoms with van der Waals surface area (Å²) in [5.41, 5.74) is 1.58. The standard InChI is InChI=1S/C13H15NO5S2/c1-9(7-20-2)14-8-21(16,17)19-12-5-3-4-10-11(12)6-18-13(10)15/h3-5,8-9H,6-7H2,1-2H3. The van der Waals surface area contributed by atoms with Gasteiger partial charge in [0.1, 0.15) is 6.61 Å². The average molecular weight is 329 g/mol. The number of thioether (sulfide) groups is 1. The summed E-state index contributed by atoms with van der Waals surface area (Å²) in [5, 5.41) is 0. The van der Waals surface area contributed by atoms with E-state index in [1.807, 2.05) is 13.2 Å². The summed E-state index contributed by atoms with van der Waals surface area (Å²) in [7, 11) is -3.95. The number of hydrogen-bond acceptors (Lipinski definition) is 7. The van der Waals surface area contributed by atoms with Crippen molar-refractivity contribution in [2.24, 2.45) is 4.99 Å². The Morgan fingerprint density at radius 1 is 1.52 bits per heavy atom. The smallest absolute Gasteiger partial charge is 0.349 e. The maximum atomic E-state index is 11.9. The number of esters is 1. The van der Waals surface area contributed by atoms with Crippen LogP contribution in [-0.2, 0) is 21.5 Å². The Hall–Kier alpha value is -1.54. The topological polar surface area (TPSA) is 82.0 Å². The Labute approximate surface area is 127 Å². The molecular formula is C13H15NO5S2. The Bertz CT molecular complexity index is 669. The molecule has 0 aromatic heterocycles. The van der Waals surface area contributed by atoms with Gasteiger partial charge in [0, 0.05) is 11.3 Å². The van der Waals surface area contributed by atoms with Gasteiger partial charge in [-0.15, -0.1) is 0 Å². The van der Waals surface area contributed by atoms with Crippen LogP contribution >= 0.6 is 11.8 Å². The summed E-state index contributed by atoms with van der Waals surface area (Å²) < 4.78 is 33.6. The molecule has 0 radical (unpaired) electrons. The Kier molecular flexibility index (Phi) is 4.89. The van der Waals surface area contributed by atoms with Crippen molar-refractivity contribution in [1.82, 2.24) is 0 Å². The second-order valence-corrected chi connectivity index (χ2v) is 6.77. The van der Waals surface area contributed by atoms with Gasteiger partial charge in [0.05, 0.1) is 11.6 Å². The minimum Gasteiger partial charge on any atom is -0.457 e. The summed E-state index contributed by atoms with van der Waals surface area (Å²) in [4.78, 5) is 15.3. The first-order chi connectivity index (χ1) is 9.93. The summed E-state index contributed by atoms with van der Waals surface area (Å²) in [6.45, 7) is 1.83. The number of carbonyl (C=O) groups excluding carboxylic acids is 1. The lowest BCUT2D eigenvalue weighted by Gasteiger charge is -2.07. The highest BCUT2D eigenvalue weighted by molar-refractivity contribution is 8.00. The van der Waals surface area contributed by atoms with Gasteiger partial charge in [-0.25, -0.2) is 4.79 Å². The fourth-order valence-electron chi connectivity index (χ4n) is 1.81. The largest absolute Gasteiger partial charge is 0.457 e. The number of fused-ring (bicyclic) bond motifs is 1. The van der Waals surface area contributed by atoms with Crippen molar-refractivity contribution in [3.63, 3.8) is 0 Å². The van der Waals surface area contributed by atoms with Crippen LogP contribution in [0.2, 0.25) is 0 Å². The van der Waals surface area contributed by atoms with Gasteiger partial charge in [0.25, 0.3) is 0 Å². The number of hydrogen-bond donors (Lipinski definition) is 0. The van der Waals surface area contributed by atoms with Crippen LogP contribution in [-0.4, -0.2) is 38.0 Å². The maximum Gasteiger partial charge on any atom is 0.349 e. The molecule has 1 aromatic carbocycles. The number of nitrogens with zero attached hydrogens (tertiary/aromatic N) is 1. The first-order valence-corrected chi connectivity index (χ1v) is 9.05. The van der Waals surface area contributed by atoms with E-state index in [2.05, 4.69) is 4.99 Å². The van der Waals surface area contributed by atoms with Gasteiger partial charge in [0.2, 0.25) is 0 Å². The predicted octanol–water partition coefficient (Wildman–Crippen LogP) is 1.85. The predicted molar refractivity (Wildman–Crippen MR) is 81.4 cm³/mol. The highest BCUT2D eigenvalue weighted by atomic mass is 32.2. The minimum atomic E-state index is -3.95. The van der Waals surface area contributed by atoms with Crippen LogP contribution in [0.5, 0.6) is 5.75 Å². The molecule has 2 rings (SSSR count). The number of ether oxygens (including phenoxy) is 1. The van der Waals surface area contributed by atoms with E-state index in [4.69, 9.17) is 8.92 Å². The molecule has 0 aliphatic carbocycles. The third-order valence-electron chi connectivity index (χ3n) is 2.76. The molecule has 6 nitrogen and oxygen atoms in total. The first kappa shape index (κ1) is 15.8. The molecule has 0 saturated heterocycles. The molecule has 1 heterocycles. The number of rotatable bonds is 6. The minimum absolute atomic E-state index is 0.0138. The van der Waals surface area contributed by atoms with E-state index in [0.717, 1.165) is 11.3 Å². The fourth-order valence-corrected chi connectivity index (χ4v) is 3.18. The number of benzene rings is 1. The lowest BCUT2D eigenvalue weighted by molar-refractivity contribution is 0.0534. The quantitative estimate of drug-likeness (QED) is 0.343. The van der Waals surface area contributed by atoms with Gasteiger partial charge in [-0.3, -0.25) is 4.99 Å². The van der Waals surface area contributed by atoms with Crippen LogP contribution in [0.3, 0.4) is 0 Å². The Morgan fingerprint density at radius 2 is 2.29 bits per heavy atom. The van der Waals surface area contributed by atoms with Gasteiger partial charge < -0.3 is 8.92 Å². The van der Waals surface area contributed by atoms with Gasteiger partial charge in [-0.1, -0.05) is 6.07 Å². The van der Waals surface area contributed by atoms with E-state index in [9.17, 15) is 13.2 Å². The first-order valence-electron chi connectivity index (χ1n) is 6.18. The van der Waals surface area contributed by atoms with Crippen molar-refractivity contribution in [3.8, 4) is 5.75 Å². The molecule has 0 N–H and O–H groups in total. The van der Waals surface area contributed by atoms with Crippen LogP contribution in [0.4, 0.5) is 0 Å². The van der Waals surface area contributed by atoms with Crippen LogP contribution < -0.4 is 4.18 Å². The lowest BCUT2D eigenvalue weighted by Crippen LogP contribution is -2.13. The molecule has 0 bridgehead atoms. The maximum absolute atomic E-state index is 11.9. The zero-order chi connectivity index (χ0) is 15.5. The summed E-state index contributed by atoms with van der Waals surface area (Å²) in [6.07, 6.45) is 1.92.